The topological polar surface area (TPSA) is 61.1 Å². The van der Waals surface area contributed by atoms with Gasteiger partial charge in [0.25, 0.3) is 5.91 Å². The summed E-state index contributed by atoms with van der Waals surface area (Å²) >= 11 is 5.09. The number of benzene rings is 2. The molecule has 0 radical (unpaired) electrons. The normalized spacial score (nSPS) is 15.0. The first-order valence-corrected chi connectivity index (χ1v) is 10.3. The number of halogens is 1. The number of carbonyl (C=O) groups excluding carboxylic acids is 1. The van der Waals surface area contributed by atoms with Crippen LogP contribution in [0.5, 0.6) is 5.75 Å². The van der Waals surface area contributed by atoms with Crippen LogP contribution in [0.4, 0.5) is 4.39 Å². The van der Waals surface area contributed by atoms with Crippen molar-refractivity contribution in [2.45, 2.75) is 25.7 Å². The lowest BCUT2D eigenvalue weighted by Crippen LogP contribution is -2.38. The van der Waals surface area contributed by atoms with E-state index in [-0.39, 0.29) is 5.91 Å². The number of aromatic amines is 2. The van der Waals surface area contributed by atoms with Gasteiger partial charge in [0.15, 0.2) is 4.77 Å². The predicted octanol–water partition coefficient (Wildman–Crippen LogP) is 4.86. The van der Waals surface area contributed by atoms with Gasteiger partial charge in [-0.2, -0.15) is 0 Å². The molecule has 0 aliphatic carbocycles. The second kappa shape index (κ2) is 8.37. The number of methoxy groups -OCH3 is 1. The molecule has 2 N–H and O–H groups in total. The highest BCUT2D eigenvalue weighted by atomic mass is 32.1. The Morgan fingerprint density at radius 1 is 1.21 bits per heavy atom. The number of imidazole rings is 1. The summed E-state index contributed by atoms with van der Waals surface area (Å²) in [6.45, 7) is 1.38. The Kier molecular flexibility index (Phi) is 5.67. The molecule has 1 aliphatic heterocycles. The Morgan fingerprint density at radius 3 is 2.62 bits per heavy atom. The maximum Gasteiger partial charge on any atom is 0.256 e. The number of hydrogen-bond acceptors (Lipinski definition) is 3. The Hall–Kier alpha value is -2.67. The van der Waals surface area contributed by atoms with Crippen LogP contribution in [0.1, 0.15) is 35.2 Å². The molecule has 0 spiro atoms. The molecular formula is C22H24FN3O2S. The summed E-state index contributed by atoms with van der Waals surface area (Å²) in [5.41, 5.74) is 2.73. The lowest BCUT2D eigenvalue weighted by molar-refractivity contribution is 0.0688. The zero-order valence-electron chi connectivity index (χ0n) is 16.3. The molecule has 1 saturated heterocycles. The molecule has 0 saturated carbocycles. The lowest BCUT2D eigenvalue weighted by Gasteiger charge is -2.32. The summed E-state index contributed by atoms with van der Waals surface area (Å²) in [4.78, 5) is 20.7. The van der Waals surface area contributed by atoms with Crippen LogP contribution in [0.15, 0.2) is 36.4 Å². The maximum atomic E-state index is 14.0. The summed E-state index contributed by atoms with van der Waals surface area (Å²) in [7, 11) is 1.67. The van der Waals surface area contributed by atoms with Crippen LogP contribution in [0.2, 0.25) is 0 Å². The SMILES string of the molecule is COc1ccc(CCC2CCN(C(=O)c3cc(F)cc4[nH]c(=S)[nH]c34)CC2)cc1. The Bertz CT molecular complexity index is 1070. The van der Waals surface area contributed by atoms with Crippen LogP contribution in [0.3, 0.4) is 0 Å². The largest absolute Gasteiger partial charge is 0.497 e. The summed E-state index contributed by atoms with van der Waals surface area (Å²) in [5, 5.41) is 0. The monoisotopic (exact) mass is 413 g/mol. The van der Waals surface area contributed by atoms with Gasteiger partial charge in [0, 0.05) is 13.1 Å². The number of rotatable bonds is 5. The zero-order chi connectivity index (χ0) is 20.4. The van der Waals surface area contributed by atoms with Gasteiger partial charge in [-0.05, 0) is 73.6 Å². The van der Waals surface area contributed by atoms with Crippen LogP contribution in [-0.2, 0) is 6.42 Å². The second-order valence-corrected chi connectivity index (χ2v) is 7.99. The summed E-state index contributed by atoms with van der Waals surface area (Å²) in [5.74, 6) is 0.871. The number of fused-ring (bicyclic) bond motifs is 1. The van der Waals surface area contributed by atoms with E-state index >= 15 is 0 Å². The van der Waals surface area contributed by atoms with Gasteiger partial charge in [0.1, 0.15) is 11.6 Å². The summed E-state index contributed by atoms with van der Waals surface area (Å²) < 4.78 is 19.5. The average molecular weight is 414 g/mol. The molecule has 152 valence electrons. The third-order valence-electron chi connectivity index (χ3n) is 5.72. The molecule has 7 heteroatoms. The third-order valence-corrected chi connectivity index (χ3v) is 5.93. The zero-order valence-corrected chi connectivity index (χ0v) is 17.2. The smallest absolute Gasteiger partial charge is 0.256 e. The standard InChI is InChI=1S/C22H24FN3O2S/c1-28-17-6-4-14(5-7-17)2-3-15-8-10-26(11-9-15)21(27)18-12-16(23)13-19-20(18)25-22(29)24-19/h4-7,12-13,15H,2-3,8-11H2,1H3,(H2,24,25,29). The van der Waals surface area contributed by atoms with Crippen LogP contribution in [-0.4, -0.2) is 41.0 Å². The first-order chi connectivity index (χ1) is 14.0. The number of hydrogen-bond donors (Lipinski definition) is 2. The molecule has 1 fully saturated rings. The number of carbonyl (C=O) groups is 1. The van der Waals surface area contributed by atoms with Crippen molar-refractivity contribution in [3.05, 3.63) is 58.1 Å². The van der Waals surface area contributed by atoms with Gasteiger partial charge in [0.05, 0.1) is 23.7 Å². The fourth-order valence-electron chi connectivity index (χ4n) is 4.03. The fraction of sp³-hybridized carbons (Fsp3) is 0.364. The first-order valence-electron chi connectivity index (χ1n) is 9.87. The number of nitrogens with one attached hydrogen (secondary N) is 2. The van der Waals surface area contributed by atoms with Gasteiger partial charge >= 0.3 is 0 Å². The lowest BCUT2D eigenvalue weighted by atomic mass is 9.90. The number of ether oxygens (including phenoxy) is 1. The number of aryl methyl sites for hydroxylation is 1. The third kappa shape index (κ3) is 4.34. The van der Waals surface area contributed by atoms with Gasteiger partial charge in [-0.1, -0.05) is 12.1 Å². The van der Waals surface area contributed by atoms with Gasteiger partial charge in [-0.25, -0.2) is 4.39 Å². The molecule has 29 heavy (non-hydrogen) atoms. The summed E-state index contributed by atoms with van der Waals surface area (Å²) in [6.07, 6.45) is 4.05. The summed E-state index contributed by atoms with van der Waals surface area (Å²) in [6, 6.07) is 10.8. The van der Waals surface area contributed by atoms with E-state index in [0.29, 0.717) is 40.4 Å². The number of nitrogens with zero attached hydrogens (tertiary/aromatic N) is 1. The predicted molar refractivity (Wildman–Crippen MR) is 113 cm³/mol. The molecule has 2 heterocycles. The Morgan fingerprint density at radius 2 is 1.93 bits per heavy atom. The van der Waals surface area contributed by atoms with Crippen molar-refractivity contribution < 1.29 is 13.9 Å². The van der Waals surface area contributed by atoms with E-state index in [0.717, 1.165) is 31.4 Å². The number of likely N-dealkylation sites (tertiary alicyclic amines) is 1. The second-order valence-electron chi connectivity index (χ2n) is 7.58. The number of amides is 1. The quantitative estimate of drug-likeness (QED) is 0.588. The molecule has 1 aromatic heterocycles. The van der Waals surface area contributed by atoms with Crippen LogP contribution in [0.25, 0.3) is 11.0 Å². The van der Waals surface area contributed by atoms with E-state index in [1.54, 1.807) is 7.11 Å². The molecule has 1 amide bonds. The average Bonchev–Trinajstić information content (AvgIpc) is 3.11. The molecule has 5 nitrogen and oxygen atoms in total. The molecule has 0 unspecified atom stereocenters. The van der Waals surface area contributed by atoms with Gasteiger partial charge < -0.3 is 19.6 Å². The van der Waals surface area contributed by atoms with E-state index in [9.17, 15) is 9.18 Å². The molecule has 2 aromatic carbocycles. The van der Waals surface area contributed by atoms with E-state index in [1.807, 2.05) is 17.0 Å². The van der Waals surface area contributed by atoms with Crippen molar-refractivity contribution in [1.29, 1.82) is 0 Å². The van der Waals surface area contributed by atoms with E-state index in [2.05, 4.69) is 22.1 Å². The molecule has 3 aromatic rings. The first kappa shape index (κ1) is 19.6. The highest BCUT2D eigenvalue weighted by Gasteiger charge is 2.25. The van der Waals surface area contributed by atoms with E-state index in [4.69, 9.17) is 17.0 Å². The molecule has 1 aliphatic rings. The minimum atomic E-state index is -0.444. The highest BCUT2D eigenvalue weighted by Crippen LogP contribution is 2.26. The van der Waals surface area contributed by atoms with Crippen LogP contribution >= 0.6 is 12.2 Å². The van der Waals surface area contributed by atoms with Crippen molar-refractivity contribution in [3.63, 3.8) is 0 Å². The fourth-order valence-corrected chi connectivity index (χ4v) is 4.25. The van der Waals surface area contributed by atoms with Gasteiger partial charge in [-0.15, -0.1) is 0 Å². The van der Waals surface area contributed by atoms with Crippen molar-refractivity contribution in [1.82, 2.24) is 14.9 Å². The molecule has 0 atom stereocenters. The minimum absolute atomic E-state index is 0.145. The maximum absolute atomic E-state index is 14.0. The Balaban J connectivity index is 1.37. The number of aromatic nitrogens is 2. The van der Waals surface area contributed by atoms with Crippen LogP contribution in [0, 0.1) is 16.5 Å². The minimum Gasteiger partial charge on any atom is -0.497 e. The Labute approximate surface area is 173 Å². The van der Waals surface area contributed by atoms with Crippen molar-refractivity contribution in [3.8, 4) is 5.75 Å². The van der Waals surface area contributed by atoms with Crippen LogP contribution < -0.4 is 4.74 Å². The number of piperidine rings is 1. The molecular weight excluding hydrogens is 389 g/mol. The van der Waals surface area contributed by atoms with E-state index < -0.39 is 5.82 Å². The highest BCUT2D eigenvalue weighted by molar-refractivity contribution is 7.71. The number of H-pyrrole nitrogens is 2. The molecule has 4 rings (SSSR count). The van der Waals surface area contributed by atoms with Crippen molar-refractivity contribution in [2.24, 2.45) is 5.92 Å². The van der Waals surface area contributed by atoms with Gasteiger partial charge in [-0.3, -0.25) is 4.79 Å². The van der Waals surface area contributed by atoms with Gasteiger partial charge in [0.2, 0.25) is 0 Å². The van der Waals surface area contributed by atoms with Crippen molar-refractivity contribution >= 4 is 29.2 Å². The van der Waals surface area contributed by atoms with E-state index in [1.165, 1.54) is 17.7 Å². The molecule has 0 bridgehead atoms. The van der Waals surface area contributed by atoms with Crippen molar-refractivity contribution in [2.75, 3.05) is 20.2 Å².